The first kappa shape index (κ1) is 14.3. The van der Waals surface area contributed by atoms with Gasteiger partial charge in [-0.1, -0.05) is 6.07 Å². The number of rotatable bonds is 6. The molecule has 0 bridgehead atoms. The Hall–Kier alpha value is -2.08. The smallest absolute Gasteiger partial charge is 0.272 e. The van der Waals surface area contributed by atoms with Crippen molar-refractivity contribution in [2.24, 2.45) is 5.73 Å². The maximum atomic E-state index is 12.0. The number of nitrogens with zero attached hydrogens (tertiary/aromatic N) is 1. The molecule has 0 fully saturated rings. The molecule has 2 aromatic rings. The quantitative estimate of drug-likeness (QED) is 0.679. The van der Waals surface area contributed by atoms with Gasteiger partial charge in [0.25, 0.3) is 11.1 Å². The minimum atomic E-state index is -0.278. The zero-order valence-corrected chi connectivity index (χ0v) is 11.6. The Bertz CT molecular complexity index is 689. The molecule has 1 aromatic carbocycles. The molecule has 0 radical (unpaired) electrons. The molecule has 1 aromatic heterocycles. The molecule has 1 heterocycles. The second-order valence-electron chi connectivity index (χ2n) is 4.68. The molecule has 0 aliphatic carbocycles. The van der Waals surface area contributed by atoms with Crippen molar-refractivity contribution in [2.45, 2.75) is 19.8 Å². The van der Waals surface area contributed by atoms with Gasteiger partial charge in [0.15, 0.2) is 0 Å². The van der Waals surface area contributed by atoms with E-state index in [0.29, 0.717) is 17.3 Å². The van der Waals surface area contributed by atoms with Crippen molar-refractivity contribution in [3.8, 4) is 0 Å². The summed E-state index contributed by atoms with van der Waals surface area (Å²) in [7, 11) is 0. The second kappa shape index (κ2) is 6.38. The van der Waals surface area contributed by atoms with Gasteiger partial charge in [0.2, 0.25) is 0 Å². The van der Waals surface area contributed by atoms with Gasteiger partial charge in [0.05, 0.1) is 16.5 Å². The lowest BCUT2D eigenvalue weighted by molar-refractivity contribution is 0.705. The summed E-state index contributed by atoms with van der Waals surface area (Å²) in [6.07, 6.45) is 1.90. The van der Waals surface area contributed by atoms with Crippen LogP contribution >= 0.6 is 0 Å². The number of aromatic nitrogens is 2. The maximum Gasteiger partial charge on any atom is 0.272 e. The number of hydrogen-bond donors (Lipinski definition) is 3. The zero-order chi connectivity index (χ0) is 14.5. The number of fused-ring (bicyclic) bond motifs is 1. The van der Waals surface area contributed by atoms with Crippen LogP contribution in [0.25, 0.3) is 10.8 Å². The van der Waals surface area contributed by atoms with Gasteiger partial charge in [-0.3, -0.25) is 19.8 Å². The van der Waals surface area contributed by atoms with Crippen molar-refractivity contribution >= 4 is 16.5 Å². The molecule has 6 nitrogen and oxygen atoms in total. The number of aromatic amines is 2. The predicted octanol–water partition coefficient (Wildman–Crippen LogP) is 0.782. The third-order valence-electron chi connectivity index (χ3n) is 3.41. The SMILES string of the molecule is CCN(CCCCN)c1cccc2c(=O)[nH][nH]c(=O)c12. The number of nitrogens with two attached hydrogens (primary N) is 1. The van der Waals surface area contributed by atoms with Crippen molar-refractivity contribution in [1.82, 2.24) is 10.2 Å². The van der Waals surface area contributed by atoms with Gasteiger partial charge in [-0.05, 0) is 38.4 Å². The van der Waals surface area contributed by atoms with Crippen LogP contribution in [0.2, 0.25) is 0 Å². The summed E-state index contributed by atoms with van der Waals surface area (Å²) in [5, 5.41) is 5.61. The van der Waals surface area contributed by atoms with Crippen molar-refractivity contribution < 1.29 is 0 Å². The summed E-state index contributed by atoms with van der Waals surface area (Å²) < 4.78 is 0. The number of nitrogens with one attached hydrogen (secondary N) is 2. The Morgan fingerprint density at radius 3 is 2.60 bits per heavy atom. The summed E-state index contributed by atoms with van der Waals surface area (Å²) >= 11 is 0. The van der Waals surface area contributed by atoms with E-state index in [1.165, 1.54) is 0 Å². The zero-order valence-electron chi connectivity index (χ0n) is 11.6. The van der Waals surface area contributed by atoms with Gasteiger partial charge in [0, 0.05) is 13.1 Å². The lowest BCUT2D eigenvalue weighted by Gasteiger charge is -2.24. The first-order chi connectivity index (χ1) is 9.69. The van der Waals surface area contributed by atoms with Crippen LogP contribution in [-0.2, 0) is 0 Å². The van der Waals surface area contributed by atoms with E-state index in [-0.39, 0.29) is 11.1 Å². The molecule has 0 aliphatic heterocycles. The Morgan fingerprint density at radius 2 is 1.90 bits per heavy atom. The van der Waals surface area contributed by atoms with E-state index in [1.807, 2.05) is 13.0 Å². The highest BCUT2D eigenvalue weighted by atomic mass is 16.1. The van der Waals surface area contributed by atoms with E-state index in [0.717, 1.165) is 31.6 Å². The van der Waals surface area contributed by atoms with Crippen LogP contribution < -0.4 is 21.8 Å². The van der Waals surface area contributed by atoms with E-state index < -0.39 is 0 Å². The standard InChI is InChI=1S/C14H20N4O2/c1-2-18(9-4-3-8-15)11-7-5-6-10-12(11)14(20)17-16-13(10)19/h5-7H,2-4,8-9,15H2,1H3,(H,16,19)(H,17,20). The summed E-state index contributed by atoms with van der Waals surface area (Å²) in [6, 6.07) is 5.35. The highest BCUT2D eigenvalue weighted by molar-refractivity contribution is 5.92. The number of hydrogen-bond acceptors (Lipinski definition) is 4. The van der Waals surface area contributed by atoms with Gasteiger partial charge in [0.1, 0.15) is 0 Å². The first-order valence-electron chi connectivity index (χ1n) is 6.87. The fourth-order valence-corrected chi connectivity index (χ4v) is 2.37. The topological polar surface area (TPSA) is 95.0 Å². The summed E-state index contributed by atoms with van der Waals surface area (Å²) in [5.74, 6) is 0. The molecule has 0 atom stereocenters. The van der Waals surface area contributed by atoms with Crippen molar-refractivity contribution in [3.63, 3.8) is 0 Å². The Kier molecular flexibility index (Phi) is 4.57. The molecule has 6 heteroatoms. The van der Waals surface area contributed by atoms with Crippen LogP contribution in [0, 0.1) is 0 Å². The summed E-state index contributed by atoms with van der Waals surface area (Å²) in [4.78, 5) is 25.9. The summed E-state index contributed by atoms with van der Waals surface area (Å²) in [5.41, 5.74) is 5.76. The monoisotopic (exact) mass is 276 g/mol. The molecule has 0 saturated carbocycles. The number of benzene rings is 1. The lowest BCUT2D eigenvalue weighted by Crippen LogP contribution is -2.28. The number of anilines is 1. The fraction of sp³-hybridized carbons (Fsp3) is 0.429. The average Bonchev–Trinajstić information content (AvgIpc) is 2.47. The van der Waals surface area contributed by atoms with Crippen molar-refractivity contribution in [3.05, 3.63) is 38.9 Å². The Morgan fingerprint density at radius 1 is 1.15 bits per heavy atom. The van der Waals surface area contributed by atoms with E-state index in [9.17, 15) is 9.59 Å². The molecule has 108 valence electrons. The third-order valence-corrected chi connectivity index (χ3v) is 3.41. The van der Waals surface area contributed by atoms with Crippen LogP contribution in [0.5, 0.6) is 0 Å². The lowest BCUT2D eigenvalue weighted by atomic mass is 10.1. The fourth-order valence-electron chi connectivity index (χ4n) is 2.37. The predicted molar refractivity (Wildman–Crippen MR) is 81.4 cm³/mol. The molecular formula is C14H20N4O2. The summed E-state index contributed by atoms with van der Waals surface area (Å²) in [6.45, 7) is 4.28. The Balaban J connectivity index is 2.50. The van der Waals surface area contributed by atoms with Crippen molar-refractivity contribution in [1.29, 1.82) is 0 Å². The minimum absolute atomic E-state index is 0.271. The normalized spacial score (nSPS) is 10.9. The molecule has 0 aliphatic rings. The van der Waals surface area contributed by atoms with E-state index in [1.54, 1.807) is 12.1 Å². The van der Waals surface area contributed by atoms with Gasteiger partial charge in [-0.15, -0.1) is 0 Å². The van der Waals surface area contributed by atoms with E-state index in [4.69, 9.17) is 5.73 Å². The molecule has 2 rings (SSSR count). The third kappa shape index (κ3) is 2.75. The molecule has 0 amide bonds. The molecule has 0 unspecified atom stereocenters. The highest BCUT2D eigenvalue weighted by Crippen LogP contribution is 2.21. The van der Waals surface area contributed by atoms with Gasteiger partial charge in [-0.2, -0.15) is 0 Å². The molecule has 0 spiro atoms. The molecule has 20 heavy (non-hydrogen) atoms. The van der Waals surface area contributed by atoms with Crippen LogP contribution in [0.4, 0.5) is 5.69 Å². The first-order valence-corrected chi connectivity index (χ1v) is 6.87. The van der Waals surface area contributed by atoms with Crippen LogP contribution in [0.3, 0.4) is 0 Å². The second-order valence-corrected chi connectivity index (χ2v) is 4.68. The van der Waals surface area contributed by atoms with Crippen LogP contribution in [0.15, 0.2) is 27.8 Å². The van der Waals surface area contributed by atoms with Crippen LogP contribution in [-0.4, -0.2) is 29.8 Å². The number of unbranched alkanes of at least 4 members (excludes halogenated alkanes) is 1. The molecule has 4 N–H and O–H groups in total. The van der Waals surface area contributed by atoms with Crippen LogP contribution in [0.1, 0.15) is 19.8 Å². The van der Waals surface area contributed by atoms with E-state index >= 15 is 0 Å². The van der Waals surface area contributed by atoms with Crippen molar-refractivity contribution in [2.75, 3.05) is 24.5 Å². The van der Waals surface area contributed by atoms with Gasteiger partial charge < -0.3 is 10.6 Å². The number of H-pyrrole nitrogens is 2. The van der Waals surface area contributed by atoms with Gasteiger partial charge in [-0.25, -0.2) is 0 Å². The largest absolute Gasteiger partial charge is 0.371 e. The highest BCUT2D eigenvalue weighted by Gasteiger charge is 2.12. The van der Waals surface area contributed by atoms with Gasteiger partial charge >= 0.3 is 0 Å². The molecular weight excluding hydrogens is 256 g/mol. The average molecular weight is 276 g/mol. The van der Waals surface area contributed by atoms with E-state index in [2.05, 4.69) is 15.1 Å². The molecule has 0 saturated heterocycles. The Labute approximate surface area is 116 Å². The maximum absolute atomic E-state index is 12.0. The minimum Gasteiger partial charge on any atom is -0.371 e.